The van der Waals surface area contributed by atoms with Crippen LogP contribution >= 0.6 is 0 Å². The van der Waals surface area contributed by atoms with E-state index < -0.39 is 0 Å². The van der Waals surface area contributed by atoms with Crippen molar-refractivity contribution < 1.29 is 4.92 Å². The van der Waals surface area contributed by atoms with Crippen molar-refractivity contribution >= 4 is 11.4 Å². The summed E-state index contributed by atoms with van der Waals surface area (Å²) in [7, 11) is 0. The van der Waals surface area contributed by atoms with E-state index in [2.05, 4.69) is 53.0 Å². The van der Waals surface area contributed by atoms with Gasteiger partial charge in [0.05, 0.1) is 16.5 Å². The molecule has 2 heterocycles. The Morgan fingerprint density at radius 1 is 1.15 bits per heavy atom. The van der Waals surface area contributed by atoms with E-state index in [0.717, 1.165) is 44.1 Å². The lowest BCUT2D eigenvalue weighted by Gasteiger charge is -2.40. The van der Waals surface area contributed by atoms with Crippen molar-refractivity contribution in [3.8, 4) is 0 Å². The standard InChI is InChI=1S/C18H27N7O2/c1-5-16(17-19-20-21-24(17)18(2,3)4)23-12-10-22(11-13-23)14-6-8-15(9-7-14)25(26)27/h6-9,16H,5,10-13H2,1-4H3/t16-/m0/s1. The molecule has 0 aliphatic carbocycles. The van der Waals surface area contributed by atoms with Crippen LogP contribution in [0.1, 0.15) is 46.0 Å². The molecule has 1 fully saturated rings. The molecule has 2 aromatic rings. The molecule has 27 heavy (non-hydrogen) atoms. The van der Waals surface area contributed by atoms with E-state index in [-0.39, 0.29) is 22.2 Å². The van der Waals surface area contributed by atoms with Crippen molar-refractivity contribution in [2.24, 2.45) is 0 Å². The number of hydrogen-bond acceptors (Lipinski definition) is 7. The fraction of sp³-hybridized carbons (Fsp3) is 0.611. The van der Waals surface area contributed by atoms with Crippen molar-refractivity contribution in [2.75, 3.05) is 31.1 Å². The molecule has 1 aromatic carbocycles. The van der Waals surface area contributed by atoms with E-state index in [1.54, 1.807) is 12.1 Å². The molecule has 0 bridgehead atoms. The Kier molecular flexibility index (Phi) is 5.41. The molecular formula is C18H27N7O2. The zero-order chi connectivity index (χ0) is 19.6. The largest absolute Gasteiger partial charge is 0.369 e. The molecule has 0 N–H and O–H groups in total. The highest BCUT2D eigenvalue weighted by Gasteiger charge is 2.30. The van der Waals surface area contributed by atoms with Crippen LogP contribution in [0.15, 0.2) is 24.3 Å². The van der Waals surface area contributed by atoms with Gasteiger partial charge in [-0.2, -0.15) is 0 Å². The van der Waals surface area contributed by atoms with Gasteiger partial charge in [-0.15, -0.1) is 5.10 Å². The molecule has 1 saturated heterocycles. The van der Waals surface area contributed by atoms with E-state index in [0.29, 0.717) is 0 Å². The number of nitro groups is 1. The fourth-order valence-electron chi connectivity index (χ4n) is 3.56. The fourth-order valence-corrected chi connectivity index (χ4v) is 3.56. The van der Waals surface area contributed by atoms with Crippen LogP contribution in [0, 0.1) is 10.1 Å². The van der Waals surface area contributed by atoms with Crippen LogP contribution in [-0.2, 0) is 5.54 Å². The van der Waals surface area contributed by atoms with Gasteiger partial charge in [-0.25, -0.2) is 4.68 Å². The Hall–Kier alpha value is -2.55. The average molecular weight is 373 g/mol. The zero-order valence-electron chi connectivity index (χ0n) is 16.4. The van der Waals surface area contributed by atoms with Crippen LogP contribution in [0.5, 0.6) is 0 Å². The second-order valence-corrected chi connectivity index (χ2v) is 7.84. The van der Waals surface area contributed by atoms with Gasteiger partial charge in [-0.3, -0.25) is 15.0 Å². The van der Waals surface area contributed by atoms with Crippen LogP contribution in [0.4, 0.5) is 11.4 Å². The van der Waals surface area contributed by atoms with Crippen molar-refractivity contribution in [2.45, 2.75) is 45.7 Å². The summed E-state index contributed by atoms with van der Waals surface area (Å²) in [5.74, 6) is 0.911. The zero-order valence-corrected chi connectivity index (χ0v) is 16.4. The van der Waals surface area contributed by atoms with Gasteiger partial charge in [0.1, 0.15) is 0 Å². The predicted octanol–water partition coefficient (Wildman–Crippen LogP) is 2.61. The van der Waals surface area contributed by atoms with Gasteiger partial charge >= 0.3 is 0 Å². The maximum atomic E-state index is 10.8. The van der Waals surface area contributed by atoms with Crippen LogP contribution in [0.3, 0.4) is 0 Å². The molecule has 1 aliphatic rings. The average Bonchev–Trinajstić information content (AvgIpc) is 3.13. The number of nitrogens with zero attached hydrogens (tertiary/aromatic N) is 7. The van der Waals surface area contributed by atoms with Crippen LogP contribution in [0.25, 0.3) is 0 Å². The van der Waals surface area contributed by atoms with Gasteiger partial charge in [0.15, 0.2) is 5.82 Å². The molecule has 0 spiro atoms. The van der Waals surface area contributed by atoms with E-state index in [1.165, 1.54) is 0 Å². The Morgan fingerprint density at radius 3 is 2.30 bits per heavy atom. The van der Waals surface area contributed by atoms with Gasteiger partial charge in [0.2, 0.25) is 0 Å². The first-order valence-corrected chi connectivity index (χ1v) is 9.33. The summed E-state index contributed by atoms with van der Waals surface area (Å²) < 4.78 is 1.92. The molecule has 0 saturated carbocycles. The maximum absolute atomic E-state index is 10.8. The Balaban J connectivity index is 1.69. The molecule has 0 unspecified atom stereocenters. The molecule has 146 valence electrons. The Morgan fingerprint density at radius 2 is 1.78 bits per heavy atom. The SMILES string of the molecule is CC[C@@H](c1nnnn1C(C)(C)C)N1CCN(c2ccc([N+](=O)[O-])cc2)CC1. The molecule has 0 amide bonds. The number of tetrazole rings is 1. The van der Waals surface area contributed by atoms with Crippen LogP contribution < -0.4 is 4.90 Å². The first-order chi connectivity index (χ1) is 12.8. The molecule has 1 aliphatic heterocycles. The first kappa shape index (κ1) is 19.2. The van der Waals surface area contributed by atoms with E-state index in [1.807, 2.05) is 16.8 Å². The van der Waals surface area contributed by atoms with Crippen molar-refractivity contribution in [1.82, 2.24) is 25.1 Å². The summed E-state index contributed by atoms with van der Waals surface area (Å²) in [6, 6.07) is 6.96. The second kappa shape index (κ2) is 7.59. The van der Waals surface area contributed by atoms with E-state index in [4.69, 9.17) is 0 Å². The molecular weight excluding hydrogens is 346 g/mol. The lowest BCUT2D eigenvalue weighted by Crippen LogP contribution is -2.48. The summed E-state index contributed by atoms with van der Waals surface area (Å²) in [5.41, 5.74) is 0.984. The van der Waals surface area contributed by atoms with Gasteiger partial charge in [0.25, 0.3) is 5.69 Å². The molecule has 9 heteroatoms. The minimum Gasteiger partial charge on any atom is -0.369 e. The number of rotatable bonds is 5. The van der Waals surface area contributed by atoms with Crippen molar-refractivity contribution in [1.29, 1.82) is 0 Å². The summed E-state index contributed by atoms with van der Waals surface area (Å²) in [6.07, 6.45) is 0.938. The highest BCUT2D eigenvalue weighted by Crippen LogP contribution is 2.28. The number of nitro benzene ring substituents is 1. The molecule has 9 nitrogen and oxygen atoms in total. The molecule has 1 atom stereocenters. The second-order valence-electron chi connectivity index (χ2n) is 7.84. The maximum Gasteiger partial charge on any atom is 0.269 e. The predicted molar refractivity (Wildman–Crippen MR) is 103 cm³/mol. The number of benzene rings is 1. The normalized spacial score (nSPS) is 17.1. The summed E-state index contributed by atoms with van der Waals surface area (Å²) in [6.45, 7) is 12.0. The van der Waals surface area contributed by atoms with Gasteiger partial charge in [-0.05, 0) is 49.8 Å². The van der Waals surface area contributed by atoms with E-state index in [9.17, 15) is 10.1 Å². The highest BCUT2D eigenvalue weighted by molar-refractivity contribution is 5.51. The molecule has 1 aromatic heterocycles. The van der Waals surface area contributed by atoms with E-state index >= 15 is 0 Å². The van der Waals surface area contributed by atoms with Crippen molar-refractivity contribution in [3.63, 3.8) is 0 Å². The number of hydrogen-bond donors (Lipinski definition) is 0. The number of non-ortho nitro benzene ring substituents is 1. The van der Waals surface area contributed by atoms with Gasteiger partial charge in [0, 0.05) is 44.0 Å². The molecule has 3 rings (SSSR count). The third kappa shape index (κ3) is 4.08. The molecule has 0 radical (unpaired) electrons. The Labute approximate surface area is 159 Å². The third-order valence-corrected chi connectivity index (χ3v) is 4.99. The summed E-state index contributed by atoms with van der Waals surface area (Å²) in [4.78, 5) is 15.1. The number of piperazine rings is 1. The van der Waals surface area contributed by atoms with Crippen LogP contribution in [0.2, 0.25) is 0 Å². The highest BCUT2D eigenvalue weighted by atomic mass is 16.6. The lowest BCUT2D eigenvalue weighted by atomic mass is 10.1. The summed E-state index contributed by atoms with van der Waals surface area (Å²) >= 11 is 0. The third-order valence-electron chi connectivity index (χ3n) is 4.99. The lowest BCUT2D eigenvalue weighted by molar-refractivity contribution is -0.384. The smallest absolute Gasteiger partial charge is 0.269 e. The quantitative estimate of drug-likeness (QED) is 0.587. The van der Waals surface area contributed by atoms with Gasteiger partial charge < -0.3 is 4.90 Å². The van der Waals surface area contributed by atoms with Crippen molar-refractivity contribution in [3.05, 3.63) is 40.2 Å². The monoisotopic (exact) mass is 373 g/mol. The summed E-state index contributed by atoms with van der Waals surface area (Å²) in [5, 5.41) is 23.2. The van der Waals surface area contributed by atoms with Gasteiger partial charge in [-0.1, -0.05) is 6.92 Å². The minimum absolute atomic E-state index is 0.123. The number of anilines is 1. The Bertz CT molecular complexity index is 774. The van der Waals surface area contributed by atoms with Crippen LogP contribution in [-0.4, -0.2) is 56.2 Å². The minimum atomic E-state index is -0.368. The topological polar surface area (TPSA) is 93.2 Å². The number of aromatic nitrogens is 4. The first-order valence-electron chi connectivity index (χ1n) is 9.33.